The van der Waals surface area contributed by atoms with E-state index in [0.717, 1.165) is 12.1 Å². The van der Waals surface area contributed by atoms with E-state index in [1.54, 1.807) is 0 Å². The number of phenols is 3. The third-order valence-electron chi connectivity index (χ3n) is 5.45. The van der Waals surface area contributed by atoms with E-state index in [1.165, 1.54) is 24.3 Å². The average molecular weight is 450 g/mol. The molecular formula is C21H22O11. The Balaban J connectivity index is 1.72. The number of hydrogen-bond acceptors (Lipinski definition) is 11. The highest BCUT2D eigenvalue weighted by Crippen LogP contribution is 2.43. The van der Waals surface area contributed by atoms with Gasteiger partial charge in [-0.15, -0.1) is 0 Å². The van der Waals surface area contributed by atoms with Gasteiger partial charge in [-0.2, -0.15) is 0 Å². The number of hydrogen-bond donors (Lipinski definition) is 7. The number of ether oxygens (including phenoxy) is 3. The van der Waals surface area contributed by atoms with Crippen LogP contribution in [0.5, 0.6) is 23.0 Å². The van der Waals surface area contributed by atoms with Gasteiger partial charge in [-0.1, -0.05) is 12.1 Å². The first-order chi connectivity index (χ1) is 15.2. The van der Waals surface area contributed by atoms with Crippen LogP contribution >= 0.6 is 0 Å². The fourth-order valence-corrected chi connectivity index (χ4v) is 3.77. The Bertz CT molecular complexity index is 990. The maximum atomic E-state index is 13.3. The van der Waals surface area contributed by atoms with Crippen molar-refractivity contribution in [2.24, 2.45) is 0 Å². The lowest BCUT2D eigenvalue weighted by Gasteiger charge is -2.42. The highest BCUT2D eigenvalue weighted by molar-refractivity contribution is 6.05. The first-order valence-electron chi connectivity index (χ1n) is 9.73. The molecule has 1 fully saturated rings. The summed E-state index contributed by atoms with van der Waals surface area (Å²) in [7, 11) is 0. The van der Waals surface area contributed by atoms with Crippen LogP contribution in [0.15, 0.2) is 36.4 Å². The van der Waals surface area contributed by atoms with Gasteiger partial charge in [0.05, 0.1) is 6.61 Å². The van der Waals surface area contributed by atoms with Gasteiger partial charge in [-0.05, 0) is 17.7 Å². The molecule has 7 atom stereocenters. The molecule has 11 nitrogen and oxygen atoms in total. The monoisotopic (exact) mass is 450 g/mol. The number of carbonyl (C=O) groups excluding carboxylic acids is 1. The fraction of sp³-hybridized carbons (Fsp3) is 0.381. The molecule has 7 N–H and O–H groups in total. The van der Waals surface area contributed by atoms with Crippen LogP contribution in [-0.2, 0) is 9.47 Å². The maximum Gasteiger partial charge on any atom is 0.203 e. The van der Waals surface area contributed by atoms with E-state index in [0.29, 0.717) is 5.56 Å². The number of aromatic hydroxyl groups is 3. The summed E-state index contributed by atoms with van der Waals surface area (Å²) in [4.78, 5) is 13.3. The molecule has 32 heavy (non-hydrogen) atoms. The van der Waals surface area contributed by atoms with E-state index < -0.39 is 61.1 Å². The van der Waals surface area contributed by atoms with Gasteiger partial charge in [-0.25, -0.2) is 0 Å². The number of ketones is 1. The number of Topliss-reactive ketones (excluding diaryl/α,β-unsaturated/α-hetero) is 1. The molecule has 0 radical (unpaired) electrons. The molecule has 4 rings (SSSR count). The third kappa shape index (κ3) is 3.86. The number of benzene rings is 2. The van der Waals surface area contributed by atoms with Gasteiger partial charge in [0.2, 0.25) is 5.78 Å². The van der Waals surface area contributed by atoms with Crippen LogP contribution in [0.2, 0.25) is 0 Å². The van der Waals surface area contributed by atoms with E-state index in [-0.39, 0.29) is 22.8 Å². The Morgan fingerprint density at radius 1 is 0.906 bits per heavy atom. The van der Waals surface area contributed by atoms with Crippen molar-refractivity contribution < 1.29 is 54.8 Å². The summed E-state index contributed by atoms with van der Waals surface area (Å²) in [5.41, 5.74) is 0.103. The largest absolute Gasteiger partial charge is 0.508 e. The first-order valence-corrected chi connectivity index (χ1v) is 9.73. The van der Waals surface area contributed by atoms with Crippen LogP contribution in [0.4, 0.5) is 0 Å². The molecule has 0 aromatic heterocycles. The summed E-state index contributed by atoms with van der Waals surface area (Å²) in [6, 6.07) is 7.72. The number of rotatable bonds is 4. The normalized spacial score (nSPS) is 32.2. The Kier molecular flexibility index (Phi) is 5.95. The van der Waals surface area contributed by atoms with E-state index >= 15 is 0 Å². The van der Waals surface area contributed by atoms with Gasteiger partial charge in [0.1, 0.15) is 53.0 Å². The minimum Gasteiger partial charge on any atom is -0.508 e. The van der Waals surface area contributed by atoms with Crippen LogP contribution in [0.3, 0.4) is 0 Å². The van der Waals surface area contributed by atoms with Crippen molar-refractivity contribution in [1.82, 2.24) is 0 Å². The lowest BCUT2D eigenvalue weighted by atomic mass is 9.92. The minimum atomic E-state index is -1.77. The number of phenolic OH excluding ortho intramolecular Hbond substituents is 3. The lowest BCUT2D eigenvalue weighted by Crippen LogP contribution is -2.60. The molecule has 2 heterocycles. The first kappa shape index (κ1) is 22.3. The van der Waals surface area contributed by atoms with Crippen molar-refractivity contribution in [3.63, 3.8) is 0 Å². The summed E-state index contributed by atoms with van der Waals surface area (Å²) in [5.74, 6) is -1.82. The van der Waals surface area contributed by atoms with Crippen LogP contribution in [-0.4, -0.2) is 84.9 Å². The second kappa shape index (κ2) is 8.54. The molecule has 0 aliphatic carbocycles. The van der Waals surface area contributed by atoms with Gasteiger partial charge in [0.25, 0.3) is 0 Å². The Hall–Kier alpha value is -2.93. The van der Waals surface area contributed by atoms with E-state index in [4.69, 9.17) is 14.2 Å². The van der Waals surface area contributed by atoms with Gasteiger partial charge in [0, 0.05) is 12.1 Å². The molecule has 172 valence electrons. The zero-order valence-electron chi connectivity index (χ0n) is 16.5. The van der Waals surface area contributed by atoms with Crippen molar-refractivity contribution in [3.05, 3.63) is 47.5 Å². The molecule has 1 saturated heterocycles. The zero-order valence-corrected chi connectivity index (χ0v) is 16.5. The summed E-state index contributed by atoms with van der Waals surface area (Å²) < 4.78 is 16.9. The zero-order chi connectivity index (χ0) is 23.2. The summed E-state index contributed by atoms with van der Waals surface area (Å²) in [5, 5.41) is 69.2. The van der Waals surface area contributed by atoms with Gasteiger partial charge >= 0.3 is 0 Å². The van der Waals surface area contributed by atoms with Gasteiger partial charge < -0.3 is 50.0 Å². The predicted molar refractivity (Wildman–Crippen MR) is 104 cm³/mol. The van der Waals surface area contributed by atoms with Crippen molar-refractivity contribution in [2.45, 2.75) is 42.9 Å². The third-order valence-corrected chi connectivity index (χ3v) is 5.45. The molecular weight excluding hydrogens is 428 g/mol. The standard InChI is InChI=1S/C21H22O11/c22-7-13-15(26)17(28)18(29)21(31-13)32-20-16(27)14-11(25)5-10(24)6-12(14)30-19(20)8-1-3-9(23)4-2-8/h1-6,13,15,17-26,28-29H,7H2/t13-,15-,17+,18+,19+,20-,21-/m0/s1. The maximum absolute atomic E-state index is 13.3. The summed E-state index contributed by atoms with van der Waals surface area (Å²) >= 11 is 0. The Morgan fingerprint density at radius 3 is 2.25 bits per heavy atom. The SMILES string of the molecule is O=C1c2c(O)cc(O)cc2O[C@H](c2ccc(O)cc2)[C@H]1O[C@@H]1O[C@@H](CO)[C@H](O)[C@@H](O)[C@H]1O. The highest BCUT2D eigenvalue weighted by atomic mass is 16.7. The van der Waals surface area contributed by atoms with Crippen molar-refractivity contribution in [2.75, 3.05) is 6.61 Å². The van der Waals surface area contributed by atoms with Crippen LogP contribution < -0.4 is 4.74 Å². The lowest BCUT2D eigenvalue weighted by molar-refractivity contribution is -0.311. The molecule has 11 heteroatoms. The van der Waals surface area contributed by atoms with Gasteiger partial charge in [-0.3, -0.25) is 4.79 Å². The van der Waals surface area contributed by atoms with Crippen molar-refractivity contribution in [3.8, 4) is 23.0 Å². The van der Waals surface area contributed by atoms with Gasteiger partial charge in [0.15, 0.2) is 18.5 Å². The molecule has 2 aromatic rings. The minimum absolute atomic E-state index is 0.0435. The molecule has 0 saturated carbocycles. The molecule has 0 spiro atoms. The molecule has 0 bridgehead atoms. The van der Waals surface area contributed by atoms with Crippen LogP contribution in [0.1, 0.15) is 22.0 Å². The second-order valence-corrected chi connectivity index (χ2v) is 7.59. The number of aliphatic hydroxyl groups excluding tert-OH is 4. The molecule has 0 unspecified atom stereocenters. The molecule has 2 aliphatic rings. The van der Waals surface area contributed by atoms with E-state index in [1.807, 2.05) is 0 Å². The quantitative estimate of drug-likeness (QED) is 0.312. The van der Waals surface area contributed by atoms with Crippen LogP contribution in [0.25, 0.3) is 0 Å². The average Bonchev–Trinajstić information content (AvgIpc) is 2.75. The van der Waals surface area contributed by atoms with E-state index in [2.05, 4.69) is 0 Å². The topological polar surface area (TPSA) is 186 Å². The second-order valence-electron chi connectivity index (χ2n) is 7.59. The van der Waals surface area contributed by atoms with Crippen molar-refractivity contribution in [1.29, 1.82) is 0 Å². The number of aliphatic hydroxyl groups is 4. The molecule has 0 amide bonds. The van der Waals surface area contributed by atoms with E-state index in [9.17, 15) is 40.5 Å². The summed E-state index contributed by atoms with van der Waals surface area (Å²) in [6.45, 7) is -0.690. The predicted octanol–water partition coefficient (Wildman–Crippen LogP) is -0.695. The molecule has 2 aromatic carbocycles. The smallest absolute Gasteiger partial charge is 0.203 e. The number of fused-ring (bicyclic) bond motifs is 1. The Labute approximate surface area is 181 Å². The fourth-order valence-electron chi connectivity index (χ4n) is 3.77. The van der Waals surface area contributed by atoms with Crippen molar-refractivity contribution >= 4 is 5.78 Å². The molecule has 2 aliphatic heterocycles. The Morgan fingerprint density at radius 2 is 1.59 bits per heavy atom. The highest BCUT2D eigenvalue weighted by Gasteiger charge is 2.49. The summed E-state index contributed by atoms with van der Waals surface area (Å²) in [6.07, 6.45) is -10.7. The van der Waals surface area contributed by atoms with Crippen LogP contribution in [0, 0.1) is 0 Å². The number of carbonyl (C=O) groups is 1.